The molecule has 0 atom stereocenters. The van der Waals surface area contributed by atoms with E-state index in [0.717, 1.165) is 19.5 Å². The Kier molecular flexibility index (Phi) is 5.65. The minimum Gasteiger partial charge on any atom is -0.396 e. The van der Waals surface area contributed by atoms with E-state index >= 15 is 0 Å². The first-order chi connectivity index (χ1) is 9.99. The average Bonchev–Trinajstić information content (AvgIpc) is 2.39. The van der Waals surface area contributed by atoms with Gasteiger partial charge in [0, 0.05) is 37.0 Å². The van der Waals surface area contributed by atoms with Gasteiger partial charge in [-0.3, -0.25) is 0 Å². The highest BCUT2D eigenvalue weighted by molar-refractivity contribution is 5.49. The molecular formula is C18H30N2O. The van der Waals surface area contributed by atoms with Crippen LogP contribution in [0, 0.1) is 0 Å². The van der Waals surface area contributed by atoms with E-state index in [4.69, 9.17) is 5.11 Å². The molecule has 0 aliphatic heterocycles. The van der Waals surface area contributed by atoms with Gasteiger partial charge in [-0.25, -0.2) is 0 Å². The molecule has 1 aliphatic carbocycles. The topological polar surface area (TPSA) is 35.5 Å². The smallest absolute Gasteiger partial charge is 0.0447 e. The van der Waals surface area contributed by atoms with E-state index in [1.807, 2.05) is 0 Å². The monoisotopic (exact) mass is 290 g/mol. The first-order valence-corrected chi connectivity index (χ1v) is 8.21. The number of aliphatic hydroxyl groups is 1. The van der Waals surface area contributed by atoms with Gasteiger partial charge in [-0.15, -0.1) is 0 Å². The molecule has 1 fully saturated rings. The summed E-state index contributed by atoms with van der Waals surface area (Å²) in [5, 5.41) is 12.6. The summed E-state index contributed by atoms with van der Waals surface area (Å²) in [6.45, 7) is 8.71. The Morgan fingerprint density at radius 1 is 1.19 bits per heavy atom. The van der Waals surface area contributed by atoms with Gasteiger partial charge >= 0.3 is 0 Å². The fourth-order valence-corrected chi connectivity index (χ4v) is 2.63. The molecule has 21 heavy (non-hydrogen) atoms. The maximum Gasteiger partial charge on any atom is 0.0447 e. The van der Waals surface area contributed by atoms with Gasteiger partial charge in [-0.05, 0) is 64.2 Å². The second kappa shape index (κ2) is 7.28. The predicted molar refractivity (Wildman–Crippen MR) is 89.7 cm³/mol. The van der Waals surface area contributed by atoms with E-state index in [9.17, 15) is 0 Å². The van der Waals surface area contributed by atoms with E-state index < -0.39 is 0 Å². The van der Waals surface area contributed by atoms with Crippen LogP contribution < -0.4 is 10.2 Å². The Hall–Kier alpha value is -1.06. The Balaban J connectivity index is 1.97. The molecule has 1 aliphatic rings. The van der Waals surface area contributed by atoms with Crippen molar-refractivity contribution in [3.05, 3.63) is 29.8 Å². The van der Waals surface area contributed by atoms with Crippen molar-refractivity contribution >= 4 is 5.69 Å². The fourth-order valence-electron chi connectivity index (χ4n) is 2.63. The van der Waals surface area contributed by atoms with Crippen molar-refractivity contribution in [1.82, 2.24) is 5.32 Å². The number of nitrogens with zero attached hydrogens (tertiary/aromatic N) is 1. The Morgan fingerprint density at radius 2 is 1.86 bits per heavy atom. The standard InChI is InChI=1S/C18H30N2O/c1-18(2,3)19-14-15-8-10-17(11-9-15)20(12-5-13-21)16-6-4-7-16/h8-11,16,19,21H,4-7,12-14H2,1-3H3. The molecule has 118 valence electrons. The third kappa shape index (κ3) is 5.01. The van der Waals surface area contributed by atoms with Crippen molar-refractivity contribution in [2.45, 2.75) is 64.6 Å². The summed E-state index contributed by atoms with van der Waals surface area (Å²) in [5.41, 5.74) is 2.77. The van der Waals surface area contributed by atoms with Crippen LogP contribution in [-0.2, 0) is 6.54 Å². The van der Waals surface area contributed by atoms with Gasteiger partial charge in [0.25, 0.3) is 0 Å². The number of anilines is 1. The van der Waals surface area contributed by atoms with Crippen molar-refractivity contribution in [3.63, 3.8) is 0 Å². The largest absolute Gasteiger partial charge is 0.396 e. The van der Waals surface area contributed by atoms with E-state index in [-0.39, 0.29) is 12.1 Å². The molecule has 2 rings (SSSR count). The maximum absolute atomic E-state index is 9.09. The zero-order valence-corrected chi connectivity index (χ0v) is 13.7. The zero-order valence-electron chi connectivity index (χ0n) is 13.7. The first-order valence-electron chi connectivity index (χ1n) is 8.21. The molecule has 2 N–H and O–H groups in total. The Bertz CT molecular complexity index is 418. The molecule has 0 spiro atoms. The van der Waals surface area contributed by atoms with E-state index in [0.29, 0.717) is 6.04 Å². The molecule has 1 aromatic carbocycles. The minimum absolute atomic E-state index is 0.151. The predicted octanol–water partition coefficient (Wildman–Crippen LogP) is 3.32. The quantitative estimate of drug-likeness (QED) is 0.808. The van der Waals surface area contributed by atoms with Crippen LogP contribution in [0.4, 0.5) is 5.69 Å². The molecule has 0 amide bonds. The molecule has 3 nitrogen and oxygen atoms in total. The van der Waals surface area contributed by atoms with E-state index in [2.05, 4.69) is 55.3 Å². The Morgan fingerprint density at radius 3 is 2.33 bits per heavy atom. The summed E-state index contributed by atoms with van der Waals surface area (Å²) in [6, 6.07) is 9.58. The molecule has 0 unspecified atom stereocenters. The number of hydrogen-bond donors (Lipinski definition) is 2. The van der Waals surface area contributed by atoms with Crippen molar-refractivity contribution in [1.29, 1.82) is 0 Å². The summed E-state index contributed by atoms with van der Waals surface area (Å²) in [6.07, 6.45) is 4.77. The number of nitrogens with one attached hydrogen (secondary N) is 1. The van der Waals surface area contributed by atoms with Crippen LogP contribution >= 0.6 is 0 Å². The molecule has 0 bridgehead atoms. The van der Waals surface area contributed by atoms with Gasteiger partial charge in [0.1, 0.15) is 0 Å². The van der Waals surface area contributed by atoms with Crippen molar-refractivity contribution in [2.24, 2.45) is 0 Å². The number of rotatable bonds is 7. The summed E-state index contributed by atoms with van der Waals surface area (Å²) in [5.74, 6) is 0. The number of aliphatic hydroxyl groups excluding tert-OH is 1. The molecule has 1 aromatic rings. The number of hydrogen-bond acceptors (Lipinski definition) is 3. The summed E-state index contributed by atoms with van der Waals surface area (Å²) in [4.78, 5) is 2.47. The maximum atomic E-state index is 9.09. The normalized spacial score (nSPS) is 15.8. The van der Waals surface area contributed by atoms with Gasteiger partial charge in [0.15, 0.2) is 0 Å². The highest BCUT2D eigenvalue weighted by Crippen LogP contribution is 2.29. The summed E-state index contributed by atoms with van der Waals surface area (Å²) in [7, 11) is 0. The van der Waals surface area contributed by atoms with Crippen LogP contribution in [0.2, 0.25) is 0 Å². The summed E-state index contributed by atoms with van der Waals surface area (Å²) >= 11 is 0. The van der Waals surface area contributed by atoms with Crippen molar-refractivity contribution in [2.75, 3.05) is 18.1 Å². The highest BCUT2D eigenvalue weighted by atomic mass is 16.3. The van der Waals surface area contributed by atoms with Crippen molar-refractivity contribution < 1.29 is 5.11 Å². The Labute approximate surface area is 129 Å². The van der Waals surface area contributed by atoms with Crippen LogP contribution in [-0.4, -0.2) is 29.8 Å². The SMILES string of the molecule is CC(C)(C)NCc1ccc(N(CCCO)C2CCC2)cc1. The van der Waals surface area contributed by atoms with Gasteiger partial charge < -0.3 is 15.3 Å². The molecule has 3 heteroatoms. The van der Waals surface area contributed by atoms with E-state index in [1.165, 1.54) is 30.5 Å². The van der Waals surface area contributed by atoms with Crippen LogP contribution in [0.25, 0.3) is 0 Å². The van der Waals surface area contributed by atoms with Gasteiger partial charge in [-0.1, -0.05) is 12.1 Å². The van der Waals surface area contributed by atoms with Gasteiger partial charge in [0.05, 0.1) is 0 Å². The van der Waals surface area contributed by atoms with Crippen LogP contribution in [0.5, 0.6) is 0 Å². The third-order valence-electron chi connectivity index (χ3n) is 4.16. The van der Waals surface area contributed by atoms with Crippen LogP contribution in [0.1, 0.15) is 52.0 Å². The third-order valence-corrected chi connectivity index (χ3v) is 4.16. The number of benzene rings is 1. The molecule has 0 heterocycles. The van der Waals surface area contributed by atoms with Crippen LogP contribution in [0.3, 0.4) is 0 Å². The van der Waals surface area contributed by atoms with Crippen LogP contribution in [0.15, 0.2) is 24.3 Å². The lowest BCUT2D eigenvalue weighted by molar-refractivity contribution is 0.283. The fraction of sp³-hybridized carbons (Fsp3) is 0.667. The average molecular weight is 290 g/mol. The first kappa shape index (κ1) is 16.3. The van der Waals surface area contributed by atoms with Crippen molar-refractivity contribution in [3.8, 4) is 0 Å². The lowest BCUT2D eigenvalue weighted by Crippen LogP contribution is -2.41. The second-order valence-corrected chi connectivity index (χ2v) is 7.13. The zero-order chi connectivity index (χ0) is 15.3. The lowest BCUT2D eigenvalue weighted by atomic mass is 9.91. The summed E-state index contributed by atoms with van der Waals surface area (Å²) < 4.78 is 0. The lowest BCUT2D eigenvalue weighted by Gasteiger charge is -2.39. The minimum atomic E-state index is 0.151. The molecule has 0 aromatic heterocycles. The molecular weight excluding hydrogens is 260 g/mol. The van der Waals surface area contributed by atoms with Gasteiger partial charge in [-0.2, -0.15) is 0 Å². The molecule has 1 saturated carbocycles. The highest BCUT2D eigenvalue weighted by Gasteiger charge is 2.24. The van der Waals surface area contributed by atoms with E-state index in [1.54, 1.807) is 0 Å². The molecule has 0 radical (unpaired) electrons. The molecule has 0 saturated heterocycles. The van der Waals surface area contributed by atoms with Gasteiger partial charge in [0.2, 0.25) is 0 Å². The second-order valence-electron chi connectivity index (χ2n) is 7.13.